The SMILES string of the molecule is COC(=O)/C=C(C(=O)OC)/C(=C(/C)O)c1nc(N(C)C)nc(N(C)C)n1. The van der Waals surface area contributed by atoms with Gasteiger partial charge in [0.05, 0.1) is 25.4 Å². The second-order valence-electron chi connectivity index (χ2n) is 5.58. The third-order valence-corrected chi connectivity index (χ3v) is 3.14. The van der Waals surface area contributed by atoms with Crippen molar-refractivity contribution < 1.29 is 24.2 Å². The number of anilines is 2. The van der Waals surface area contributed by atoms with Crippen molar-refractivity contribution in [1.29, 1.82) is 0 Å². The maximum Gasteiger partial charge on any atom is 0.338 e. The van der Waals surface area contributed by atoms with E-state index in [1.54, 1.807) is 38.0 Å². The van der Waals surface area contributed by atoms with E-state index in [-0.39, 0.29) is 22.7 Å². The molecular formula is C16H23N5O5. The fourth-order valence-corrected chi connectivity index (χ4v) is 1.86. The molecule has 1 rings (SSSR count). The van der Waals surface area contributed by atoms with E-state index >= 15 is 0 Å². The van der Waals surface area contributed by atoms with Crippen molar-refractivity contribution in [3.63, 3.8) is 0 Å². The molecule has 0 aliphatic carbocycles. The zero-order valence-corrected chi connectivity index (χ0v) is 15.9. The van der Waals surface area contributed by atoms with Crippen molar-refractivity contribution in [3.8, 4) is 0 Å². The molecule has 0 atom stereocenters. The van der Waals surface area contributed by atoms with Gasteiger partial charge in [0.1, 0.15) is 5.76 Å². The van der Waals surface area contributed by atoms with Crippen LogP contribution in [0.5, 0.6) is 0 Å². The molecule has 1 aromatic rings. The van der Waals surface area contributed by atoms with Gasteiger partial charge in [-0.25, -0.2) is 9.59 Å². The first-order chi connectivity index (χ1) is 12.1. The van der Waals surface area contributed by atoms with E-state index in [1.807, 2.05) is 0 Å². The molecule has 26 heavy (non-hydrogen) atoms. The number of hydrogen-bond acceptors (Lipinski definition) is 10. The molecular weight excluding hydrogens is 342 g/mol. The predicted molar refractivity (Wildman–Crippen MR) is 95.8 cm³/mol. The second kappa shape index (κ2) is 8.79. The highest BCUT2D eigenvalue weighted by Crippen LogP contribution is 2.26. The smallest absolute Gasteiger partial charge is 0.338 e. The molecule has 0 aromatic carbocycles. The van der Waals surface area contributed by atoms with Gasteiger partial charge in [-0.05, 0) is 6.92 Å². The average Bonchev–Trinajstić information content (AvgIpc) is 2.59. The lowest BCUT2D eigenvalue weighted by Crippen LogP contribution is -2.21. The van der Waals surface area contributed by atoms with E-state index < -0.39 is 11.9 Å². The molecule has 0 bridgehead atoms. The Hall–Kier alpha value is -3.17. The largest absolute Gasteiger partial charge is 0.512 e. The van der Waals surface area contributed by atoms with E-state index in [0.717, 1.165) is 13.2 Å². The van der Waals surface area contributed by atoms with Crippen molar-refractivity contribution >= 4 is 29.4 Å². The molecule has 0 saturated heterocycles. The van der Waals surface area contributed by atoms with Crippen LogP contribution >= 0.6 is 0 Å². The van der Waals surface area contributed by atoms with Crippen molar-refractivity contribution in [2.75, 3.05) is 52.2 Å². The van der Waals surface area contributed by atoms with Gasteiger partial charge in [0.15, 0.2) is 5.82 Å². The molecule has 1 aromatic heterocycles. The minimum Gasteiger partial charge on any atom is -0.512 e. The van der Waals surface area contributed by atoms with Crippen LogP contribution in [0.25, 0.3) is 5.57 Å². The van der Waals surface area contributed by atoms with Gasteiger partial charge >= 0.3 is 11.9 Å². The van der Waals surface area contributed by atoms with E-state index in [0.29, 0.717) is 11.9 Å². The number of carbonyl (C=O) groups is 2. The minimum atomic E-state index is -0.850. The molecule has 0 aliphatic heterocycles. The first-order valence-corrected chi connectivity index (χ1v) is 7.51. The van der Waals surface area contributed by atoms with Gasteiger partial charge in [-0.3, -0.25) is 0 Å². The maximum absolute atomic E-state index is 12.2. The van der Waals surface area contributed by atoms with Crippen LogP contribution in [0, 0.1) is 0 Å². The van der Waals surface area contributed by atoms with E-state index in [1.165, 1.54) is 14.0 Å². The first kappa shape index (κ1) is 20.9. The summed E-state index contributed by atoms with van der Waals surface area (Å²) in [4.78, 5) is 39.9. The Morgan fingerprint density at radius 3 is 1.81 bits per heavy atom. The predicted octanol–water partition coefficient (Wildman–Crippen LogP) is 0.565. The number of allylic oxidation sites excluding steroid dienone is 1. The van der Waals surface area contributed by atoms with Crippen LogP contribution in [0.1, 0.15) is 12.7 Å². The standard InChI is InChI=1S/C16H23N5O5/c1-9(22)12(10(14(24)26-7)8-11(23)25-6)13-17-15(20(2)3)19-16(18-13)21(4)5/h8,22H,1-7H3/b10-8-,12-9+. The topological polar surface area (TPSA) is 118 Å². The summed E-state index contributed by atoms with van der Waals surface area (Å²) in [6.07, 6.45) is 0.912. The maximum atomic E-state index is 12.2. The summed E-state index contributed by atoms with van der Waals surface area (Å²) in [5.41, 5.74) is -0.296. The number of aliphatic hydroxyl groups excluding tert-OH is 1. The van der Waals surface area contributed by atoms with Gasteiger partial charge in [0, 0.05) is 34.3 Å². The zero-order chi connectivity index (χ0) is 20.0. The van der Waals surface area contributed by atoms with Gasteiger partial charge < -0.3 is 24.4 Å². The normalized spacial score (nSPS) is 12.2. The Morgan fingerprint density at radius 1 is 0.962 bits per heavy atom. The van der Waals surface area contributed by atoms with Gasteiger partial charge in [0.2, 0.25) is 11.9 Å². The Labute approximate surface area is 151 Å². The van der Waals surface area contributed by atoms with Crippen LogP contribution in [0.2, 0.25) is 0 Å². The van der Waals surface area contributed by atoms with Crippen LogP contribution in [0.4, 0.5) is 11.9 Å². The van der Waals surface area contributed by atoms with Gasteiger partial charge in [-0.15, -0.1) is 0 Å². The number of methoxy groups -OCH3 is 2. The Morgan fingerprint density at radius 2 is 1.46 bits per heavy atom. The van der Waals surface area contributed by atoms with Crippen LogP contribution in [0.15, 0.2) is 17.4 Å². The van der Waals surface area contributed by atoms with E-state index in [2.05, 4.69) is 19.7 Å². The summed E-state index contributed by atoms with van der Waals surface area (Å²) in [5.74, 6) is -1.30. The molecule has 0 radical (unpaired) electrons. The van der Waals surface area contributed by atoms with Crippen LogP contribution < -0.4 is 9.80 Å². The molecule has 10 nitrogen and oxygen atoms in total. The van der Waals surface area contributed by atoms with Crippen molar-refractivity contribution in [2.45, 2.75) is 6.92 Å². The van der Waals surface area contributed by atoms with Gasteiger partial charge in [-0.1, -0.05) is 0 Å². The molecule has 1 N–H and O–H groups in total. The highest BCUT2D eigenvalue weighted by molar-refractivity contribution is 6.09. The Kier molecular flexibility index (Phi) is 7.06. The third kappa shape index (κ3) is 4.91. The summed E-state index contributed by atoms with van der Waals surface area (Å²) in [7, 11) is 9.26. The quantitative estimate of drug-likeness (QED) is 0.331. The van der Waals surface area contributed by atoms with E-state index in [9.17, 15) is 14.7 Å². The van der Waals surface area contributed by atoms with Crippen molar-refractivity contribution in [1.82, 2.24) is 15.0 Å². The fraction of sp³-hybridized carbons (Fsp3) is 0.438. The summed E-state index contributed by atoms with van der Waals surface area (Å²) < 4.78 is 9.28. The molecule has 0 amide bonds. The number of aliphatic hydroxyl groups is 1. The highest BCUT2D eigenvalue weighted by atomic mass is 16.5. The summed E-state index contributed by atoms with van der Waals surface area (Å²) in [5, 5.41) is 10.2. The van der Waals surface area contributed by atoms with Crippen LogP contribution in [0.3, 0.4) is 0 Å². The molecule has 0 unspecified atom stereocenters. The molecule has 0 aliphatic rings. The van der Waals surface area contributed by atoms with Crippen molar-refractivity contribution in [2.24, 2.45) is 0 Å². The number of carbonyl (C=O) groups excluding carboxylic acids is 2. The number of aromatic nitrogens is 3. The number of hydrogen-bond donors (Lipinski definition) is 1. The van der Waals surface area contributed by atoms with Crippen LogP contribution in [-0.2, 0) is 19.1 Å². The molecule has 10 heteroatoms. The summed E-state index contributed by atoms with van der Waals surface area (Å²) in [6.45, 7) is 1.35. The number of ether oxygens (including phenoxy) is 2. The number of rotatable bonds is 6. The van der Waals surface area contributed by atoms with Crippen LogP contribution in [-0.4, -0.2) is 74.4 Å². The molecule has 0 spiro atoms. The molecule has 0 fully saturated rings. The lowest BCUT2D eigenvalue weighted by atomic mass is 10.0. The van der Waals surface area contributed by atoms with Gasteiger partial charge in [-0.2, -0.15) is 15.0 Å². The lowest BCUT2D eigenvalue weighted by Gasteiger charge is -2.18. The first-order valence-electron chi connectivity index (χ1n) is 7.51. The van der Waals surface area contributed by atoms with Crippen molar-refractivity contribution in [3.05, 3.63) is 23.2 Å². The molecule has 1 heterocycles. The monoisotopic (exact) mass is 365 g/mol. The number of nitrogens with zero attached hydrogens (tertiary/aromatic N) is 5. The minimum absolute atomic E-state index is 0.00736. The zero-order valence-electron chi connectivity index (χ0n) is 15.9. The summed E-state index contributed by atoms with van der Waals surface area (Å²) in [6, 6.07) is 0. The Bertz CT molecular complexity index is 725. The fourth-order valence-electron chi connectivity index (χ4n) is 1.86. The second-order valence-corrected chi connectivity index (χ2v) is 5.58. The van der Waals surface area contributed by atoms with Gasteiger partial charge in [0.25, 0.3) is 0 Å². The van der Waals surface area contributed by atoms with E-state index in [4.69, 9.17) is 4.74 Å². The molecule has 0 saturated carbocycles. The number of esters is 2. The third-order valence-electron chi connectivity index (χ3n) is 3.14. The summed E-state index contributed by atoms with van der Waals surface area (Å²) >= 11 is 0. The Balaban J connectivity index is 3.74. The average molecular weight is 365 g/mol. The lowest BCUT2D eigenvalue weighted by molar-refractivity contribution is -0.138. The highest BCUT2D eigenvalue weighted by Gasteiger charge is 2.25. The molecule has 142 valence electrons.